The topological polar surface area (TPSA) is 126 Å². The van der Waals surface area contributed by atoms with Gasteiger partial charge in [0.25, 0.3) is 5.91 Å². The van der Waals surface area contributed by atoms with Gasteiger partial charge in [0, 0.05) is 0 Å². The average Bonchev–Trinajstić information content (AvgIpc) is 2.25. The van der Waals surface area contributed by atoms with Gasteiger partial charge in [-0.3, -0.25) is 4.79 Å². The Kier molecular flexibility index (Phi) is 4.00. The van der Waals surface area contributed by atoms with Gasteiger partial charge in [-0.05, 0) is 19.1 Å². The second-order valence-electron chi connectivity index (χ2n) is 3.51. The van der Waals surface area contributed by atoms with E-state index in [1.54, 1.807) is 0 Å². The number of amides is 1. The second-order valence-corrected chi connectivity index (χ2v) is 3.51. The Morgan fingerprint density at radius 1 is 1.47 bits per heavy atom. The van der Waals surface area contributed by atoms with Crippen molar-refractivity contribution in [3.8, 4) is 0 Å². The zero-order valence-corrected chi connectivity index (χ0v) is 9.12. The summed E-state index contributed by atoms with van der Waals surface area (Å²) in [4.78, 5) is 26.1. The van der Waals surface area contributed by atoms with Crippen LogP contribution in [0.2, 0.25) is 0 Å². The standard InChI is InChI=1S/C10H13N3O4/c1-5(14)8(10(16)17)13-9(15)7-3-2-6(11)4-12-7/h2-5,8,14H,11H2,1H3,(H,13,15)(H,16,17). The Labute approximate surface area is 97.3 Å². The summed E-state index contributed by atoms with van der Waals surface area (Å²) in [6, 6.07) is 1.47. The van der Waals surface area contributed by atoms with Gasteiger partial charge in [0.15, 0.2) is 6.04 Å². The normalized spacial score (nSPS) is 13.8. The van der Waals surface area contributed by atoms with Crippen LogP contribution in [0.5, 0.6) is 0 Å². The Morgan fingerprint density at radius 3 is 2.53 bits per heavy atom. The molecular weight excluding hydrogens is 226 g/mol. The van der Waals surface area contributed by atoms with Crippen molar-refractivity contribution in [3.63, 3.8) is 0 Å². The highest BCUT2D eigenvalue weighted by Gasteiger charge is 2.25. The minimum Gasteiger partial charge on any atom is -0.480 e. The minimum atomic E-state index is -1.37. The zero-order chi connectivity index (χ0) is 13.0. The number of nitrogen functional groups attached to an aromatic ring is 1. The van der Waals surface area contributed by atoms with Gasteiger partial charge >= 0.3 is 5.97 Å². The maximum Gasteiger partial charge on any atom is 0.328 e. The van der Waals surface area contributed by atoms with Crippen molar-refractivity contribution in [2.24, 2.45) is 0 Å². The molecule has 2 unspecified atom stereocenters. The lowest BCUT2D eigenvalue weighted by Crippen LogP contribution is -2.47. The van der Waals surface area contributed by atoms with E-state index in [0.29, 0.717) is 5.69 Å². The van der Waals surface area contributed by atoms with E-state index < -0.39 is 24.0 Å². The zero-order valence-electron chi connectivity index (χ0n) is 9.12. The number of aliphatic carboxylic acids is 1. The molecule has 17 heavy (non-hydrogen) atoms. The van der Waals surface area contributed by atoms with E-state index in [-0.39, 0.29) is 5.69 Å². The van der Waals surface area contributed by atoms with Gasteiger partial charge in [0.05, 0.1) is 18.0 Å². The lowest BCUT2D eigenvalue weighted by molar-refractivity contribution is -0.141. The highest BCUT2D eigenvalue weighted by Crippen LogP contribution is 2.02. The second kappa shape index (κ2) is 5.26. The minimum absolute atomic E-state index is 0.0334. The molecule has 1 aromatic rings. The number of pyridine rings is 1. The summed E-state index contributed by atoms with van der Waals surface area (Å²) in [5, 5.41) is 20.1. The number of carbonyl (C=O) groups excluding carboxylic acids is 1. The molecule has 2 atom stereocenters. The predicted molar refractivity (Wildman–Crippen MR) is 59.2 cm³/mol. The fraction of sp³-hybridized carbons (Fsp3) is 0.300. The molecule has 0 aliphatic carbocycles. The summed E-state index contributed by atoms with van der Waals surface area (Å²) in [5.41, 5.74) is 5.82. The highest BCUT2D eigenvalue weighted by molar-refractivity contribution is 5.95. The molecule has 0 aromatic carbocycles. The van der Waals surface area contributed by atoms with Crippen molar-refractivity contribution in [1.29, 1.82) is 0 Å². The van der Waals surface area contributed by atoms with Crippen molar-refractivity contribution >= 4 is 17.6 Å². The molecule has 0 aliphatic rings. The third-order valence-corrected chi connectivity index (χ3v) is 2.05. The van der Waals surface area contributed by atoms with E-state index in [0.717, 1.165) is 0 Å². The van der Waals surface area contributed by atoms with Gasteiger partial charge in [-0.15, -0.1) is 0 Å². The van der Waals surface area contributed by atoms with Crippen LogP contribution in [0, 0.1) is 0 Å². The summed E-state index contributed by atoms with van der Waals surface area (Å²) in [6.45, 7) is 1.27. The van der Waals surface area contributed by atoms with Crippen LogP contribution in [-0.2, 0) is 4.79 Å². The molecule has 0 spiro atoms. The van der Waals surface area contributed by atoms with Crippen molar-refractivity contribution in [1.82, 2.24) is 10.3 Å². The Hall–Kier alpha value is -2.15. The number of nitrogens with zero attached hydrogens (tertiary/aromatic N) is 1. The molecule has 0 saturated heterocycles. The van der Waals surface area contributed by atoms with Crippen molar-refractivity contribution < 1.29 is 19.8 Å². The number of carboxylic acids is 1. The van der Waals surface area contributed by atoms with Gasteiger partial charge in [-0.25, -0.2) is 9.78 Å². The number of hydrogen-bond acceptors (Lipinski definition) is 5. The molecule has 0 radical (unpaired) electrons. The molecule has 92 valence electrons. The van der Waals surface area contributed by atoms with Crippen LogP contribution in [0.1, 0.15) is 17.4 Å². The smallest absolute Gasteiger partial charge is 0.328 e. The molecule has 1 amide bonds. The molecule has 7 heteroatoms. The van der Waals surface area contributed by atoms with Crippen LogP contribution >= 0.6 is 0 Å². The van der Waals surface area contributed by atoms with Gasteiger partial charge in [0.1, 0.15) is 5.69 Å². The van der Waals surface area contributed by atoms with E-state index >= 15 is 0 Å². The Balaban J connectivity index is 2.77. The van der Waals surface area contributed by atoms with Crippen LogP contribution in [-0.4, -0.2) is 39.2 Å². The number of carbonyl (C=O) groups is 2. The first-order valence-corrected chi connectivity index (χ1v) is 4.85. The van der Waals surface area contributed by atoms with E-state index in [2.05, 4.69) is 10.3 Å². The summed E-state index contributed by atoms with van der Waals surface area (Å²) in [7, 11) is 0. The third kappa shape index (κ3) is 3.42. The molecular formula is C10H13N3O4. The number of carboxylic acid groups (broad SMARTS) is 1. The Bertz CT molecular complexity index is 416. The molecule has 0 fully saturated rings. The maximum absolute atomic E-state index is 11.6. The molecule has 7 nitrogen and oxygen atoms in total. The van der Waals surface area contributed by atoms with Gasteiger partial charge in [-0.2, -0.15) is 0 Å². The van der Waals surface area contributed by atoms with Crippen LogP contribution in [0.3, 0.4) is 0 Å². The summed E-state index contributed by atoms with van der Waals surface area (Å²) in [5.74, 6) is -2.00. The van der Waals surface area contributed by atoms with Crippen LogP contribution in [0.4, 0.5) is 5.69 Å². The van der Waals surface area contributed by atoms with E-state index in [4.69, 9.17) is 10.8 Å². The quantitative estimate of drug-likeness (QED) is 0.546. The average molecular weight is 239 g/mol. The third-order valence-electron chi connectivity index (χ3n) is 2.05. The summed E-state index contributed by atoms with van der Waals surface area (Å²) < 4.78 is 0. The van der Waals surface area contributed by atoms with E-state index in [1.165, 1.54) is 25.3 Å². The SMILES string of the molecule is CC(O)C(NC(=O)c1ccc(N)cn1)C(=O)O. The molecule has 1 rings (SSSR count). The van der Waals surface area contributed by atoms with E-state index in [1.807, 2.05) is 0 Å². The molecule has 0 aliphatic heterocycles. The van der Waals surface area contributed by atoms with Crippen molar-refractivity contribution in [3.05, 3.63) is 24.0 Å². The number of aliphatic hydroxyl groups excluding tert-OH is 1. The lowest BCUT2D eigenvalue weighted by atomic mass is 10.2. The van der Waals surface area contributed by atoms with Gasteiger partial charge < -0.3 is 21.3 Å². The molecule has 1 heterocycles. The fourth-order valence-corrected chi connectivity index (χ4v) is 1.14. The molecule has 5 N–H and O–H groups in total. The number of hydrogen-bond donors (Lipinski definition) is 4. The first kappa shape index (κ1) is 12.9. The molecule has 0 saturated carbocycles. The number of nitrogens with one attached hydrogen (secondary N) is 1. The number of anilines is 1. The van der Waals surface area contributed by atoms with Crippen LogP contribution in [0.25, 0.3) is 0 Å². The molecule has 0 bridgehead atoms. The predicted octanol–water partition coefficient (Wildman–Crippen LogP) is -0.772. The Morgan fingerprint density at radius 2 is 2.12 bits per heavy atom. The number of rotatable bonds is 4. The molecule has 1 aromatic heterocycles. The van der Waals surface area contributed by atoms with Crippen LogP contribution < -0.4 is 11.1 Å². The van der Waals surface area contributed by atoms with Gasteiger partial charge in [-0.1, -0.05) is 0 Å². The summed E-state index contributed by atoms with van der Waals surface area (Å²) >= 11 is 0. The largest absolute Gasteiger partial charge is 0.480 e. The highest BCUT2D eigenvalue weighted by atomic mass is 16.4. The first-order chi connectivity index (χ1) is 7.91. The number of nitrogens with two attached hydrogens (primary N) is 1. The summed E-state index contributed by atoms with van der Waals surface area (Å²) in [6.07, 6.45) is 0.0813. The van der Waals surface area contributed by atoms with E-state index in [9.17, 15) is 14.7 Å². The number of aromatic nitrogens is 1. The lowest BCUT2D eigenvalue weighted by Gasteiger charge is -2.16. The monoisotopic (exact) mass is 239 g/mol. The van der Waals surface area contributed by atoms with Crippen molar-refractivity contribution in [2.75, 3.05) is 5.73 Å². The maximum atomic E-state index is 11.6. The fourth-order valence-electron chi connectivity index (χ4n) is 1.14. The number of aliphatic hydroxyl groups is 1. The van der Waals surface area contributed by atoms with Gasteiger partial charge in [0.2, 0.25) is 0 Å². The van der Waals surface area contributed by atoms with Crippen LogP contribution in [0.15, 0.2) is 18.3 Å². The first-order valence-electron chi connectivity index (χ1n) is 4.85. The van der Waals surface area contributed by atoms with Crippen molar-refractivity contribution in [2.45, 2.75) is 19.1 Å².